The van der Waals surface area contributed by atoms with E-state index in [0.29, 0.717) is 29.6 Å². The van der Waals surface area contributed by atoms with E-state index in [1.165, 1.54) is 4.68 Å². The van der Waals surface area contributed by atoms with E-state index in [4.69, 9.17) is 0 Å². The van der Waals surface area contributed by atoms with Crippen molar-refractivity contribution < 1.29 is 4.79 Å². The maximum atomic E-state index is 13.1. The minimum atomic E-state index is -0.186. The molecule has 134 valence electrons. The molecule has 0 saturated heterocycles. The van der Waals surface area contributed by atoms with Crippen LogP contribution < -0.4 is 5.56 Å². The van der Waals surface area contributed by atoms with Crippen molar-refractivity contribution in [1.82, 2.24) is 14.7 Å². The summed E-state index contributed by atoms with van der Waals surface area (Å²) in [6, 6.07) is 16.9. The molecule has 0 atom stereocenters. The van der Waals surface area contributed by atoms with Gasteiger partial charge in [0.2, 0.25) is 0 Å². The van der Waals surface area contributed by atoms with Gasteiger partial charge in [-0.15, -0.1) is 0 Å². The second kappa shape index (κ2) is 7.52. The Morgan fingerprint density at radius 2 is 1.65 bits per heavy atom. The molecule has 3 rings (SSSR count). The standard InChI is InChI=1S/C21H23N3O2/c1-4-23(15(2)3)21(26)19-17-12-8-9-13-18(17)20(25)24(22-19)14-16-10-6-5-7-11-16/h5-13,15H,4,14H2,1-3H3. The molecule has 0 spiro atoms. The lowest BCUT2D eigenvalue weighted by molar-refractivity contribution is 0.0710. The van der Waals surface area contributed by atoms with Crippen LogP contribution in [0, 0.1) is 0 Å². The molecule has 0 aliphatic heterocycles. The van der Waals surface area contributed by atoms with Crippen LogP contribution in [0.4, 0.5) is 0 Å². The van der Waals surface area contributed by atoms with Crippen LogP contribution in [0.1, 0.15) is 36.8 Å². The number of carbonyl (C=O) groups excluding carboxylic acids is 1. The summed E-state index contributed by atoms with van der Waals surface area (Å²) < 4.78 is 1.39. The second-order valence-electron chi connectivity index (χ2n) is 6.53. The van der Waals surface area contributed by atoms with Gasteiger partial charge in [-0.2, -0.15) is 5.10 Å². The van der Waals surface area contributed by atoms with Crippen LogP contribution >= 0.6 is 0 Å². The summed E-state index contributed by atoms with van der Waals surface area (Å²) in [6.07, 6.45) is 0. The molecular formula is C21H23N3O2. The highest BCUT2D eigenvalue weighted by atomic mass is 16.2. The Morgan fingerprint density at radius 3 is 2.27 bits per heavy atom. The van der Waals surface area contributed by atoms with Crippen molar-refractivity contribution in [2.75, 3.05) is 6.54 Å². The topological polar surface area (TPSA) is 55.2 Å². The van der Waals surface area contributed by atoms with Gasteiger partial charge in [0, 0.05) is 18.0 Å². The number of amides is 1. The van der Waals surface area contributed by atoms with Gasteiger partial charge < -0.3 is 4.90 Å². The lowest BCUT2D eigenvalue weighted by Crippen LogP contribution is -2.38. The van der Waals surface area contributed by atoms with Gasteiger partial charge in [0.15, 0.2) is 5.69 Å². The summed E-state index contributed by atoms with van der Waals surface area (Å²) in [7, 11) is 0. The monoisotopic (exact) mass is 349 g/mol. The summed E-state index contributed by atoms with van der Waals surface area (Å²) >= 11 is 0. The molecule has 1 heterocycles. The van der Waals surface area contributed by atoms with E-state index in [2.05, 4.69) is 5.10 Å². The van der Waals surface area contributed by atoms with Gasteiger partial charge in [0.1, 0.15) is 0 Å². The van der Waals surface area contributed by atoms with Gasteiger partial charge in [-0.05, 0) is 32.4 Å². The first kappa shape index (κ1) is 17.9. The largest absolute Gasteiger partial charge is 0.335 e. The van der Waals surface area contributed by atoms with Crippen molar-refractivity contribution in [2.45, 2.75) is 33.4 Å². The Hall–Kier alpha value is -2.95. The zero-order valence-electron chi connectivity index (χ0n) is 15.3. The smallest absolute Gasteiger partial charge is 0.275 e. The molecule has 1 aromatic heterocycles. The van der Waals surface area contributed by atoms with Crippen LogP contribution in [-0.2, 0) is 6.54 Å². The summed E-state index contributed by atoms with van der Waals surface area (Å²) in [6.45, 7) is 6.82. The third-order valence-corrected chi connectivity index (χ3v) is 4.47. The first-order valence-corrected chi connectivity index (χ1v) is 8.87. The normalized spacial score (nSPS) is 11.1. The molecule has 5 heteroatoms. The van der Waals surface area contributed by atoms with E-state index >= 15 is 0 Å². The molecule has 2 aromatic carbocycles. The molecule has 3 aromatic rings. The van der Waals surface area contributed by atoms with Gasteiger partial charge in [-0.1, -0.05) is 48.5 Å². The van der Waals surface area contributed by atoms with Gasteiger partial charge in [-0.25, -0.2) is 4.68 Å². The maximum Gasteiger partial charge on any atom is 0.275 e. The van der Waals surface area contributed by atoms with Crippen LogP contribution in [0.2, 0.25) is 0 Å². The van der Waals surface area contributed by atoms with Crippen LogP contribution in [-0.4, -0.2) is 33.2 Å². The van der Waals surface area contributed by atoms with E-state index in [0.717, 1.165) is 5.56 Å². The van der Waals surface area contributed by atoms with Gasteiger partial charge in [0.25, 0.3) is 11.5 Å². The van der Waals surface area contributed by atoms with Crippen molar-refractivity contribution >= 4 is 16.7 Å². The molecule has 0 aliphatic carbocycles. The van der Waals surface area contributed by atoms with Crippen LogP contribution in [0.5, 0.6) is 0 Å². The van der Waals surface area contributed by atoms with Gasteiger partial charge in [-0.3, -0.25) is 9.59 Å². The fraction of sp³-hybridized carbons (Fsp3) is 0.286. The number of hydrogen-bond acceptors (Lipinski definition) is 3. The predicted molar refractivity (Wildman–Crippen MR) is 103 cm³/mol. The maximum absolute atomic E-state index is 13.1. The highest BCUT2D eigenvalue weighted by molar-refractivity contribution is 6.04. The summed E-state index contributed by atoms with van der Waals surface area (Å²) in [5, 5.41) is 5.58. The third kappa shape index (κ3) is 3.38. The Labute approximate surface area is 152 Å². The Kier molecular flexibility index (Phi) is 5.16. The minimum absolute atomic E-state index is 0.0579. The van der Waals surface area contributed by atoms with Crippen molar-refractivity contribution in [1.29, 1.82) is 0 Å². The van der Waals surface area contributed by atoms with Crippen LogP contribution in [0.25, 0.3) is 10.8 Å². The van der Waals surface area contributed by atoms with E-state index in [9.17, 15) is 9.59 Å². The molecule has 0 saturated carbocycles. The van der Waals surface area contributed by atoms with Crippen molar-refractivity contribution in [3.05, 3.63) is 76.2 Å². The first-order chi connectivity index (χ1) is 12.5. The number of aromatic nitrogens is 2. The Balaban J connectivity index is 2.17. The van der Waals surface area contributed by atoms with E-state index in [1.54, 1.807) is 17.0 Å². The Morgan fingerprint density at radius 1 is 1.04 bits per heavy atom. The average Bonchev–Trinajstić information content (AvgIpc) is 2.65. The summed E-state index contributed by atoms with van der Waals surface area (Å²) in [5.41, 5.74) is 1.10. The Bertz CT molecular complexity index is 977. The lowest BCUT2D eigenvalue weighted by Gasteiger charge is -2.25. The second-order valence-corrected chi connectivity index (χ2v) is 6.53. The van der Waals surface area contributed by atoms with Gasteiger partial charge in [0.05, 0.1) is 11.9 Å². The van der Waals surface area contributed by atoms with Crippen LogP contribution in [0.3, 0.4) is 0 Å². The molecule has 0 unspecified atom stereocenters. The number of hydrogen-bond donors (Lipinski definition) is 0. The van der Waals surface area contributed by atoms with E-state index in [-0.39, 0.29) is 17.5 Å². The van der Waals surface area contributed by atoms with Crippen molar-refractivity contribution in [3.63, 3.8) is 0 Å². The average molecular weight is 349 g/mol. The molecule has 0 fully saturated rings. The molecular weight excluding hydrogens is 326 g/mol. The molecule has 0 bridgehead atoms. The summed E-state index contributed by atoms with van der Waals surface area (Å²) in [4.78, 5) is 27.7. The van der Waals surface area contributed by atoms with E-state index in [1.807, 2.05) is 63.2 Å². The quantitative estimate of drug-likeness (QED) is 0.710. The molecule has 5 nitrogen and oxygen atoms in total. The lowest BCUT2D eigenvalue weighted by atomic mass is 10.1. The zero-order chi connectivity index (χ0) is 18.7. The van der Waals surface area contributed by atoms with Crippen molar-refractivity contribution in [2.24, 2.45) is 0 Å². The minimum Gasteiger partial charge on any atom is -0.335 e. The van der Waals surface area contributed by atoms with Crippen molar-refractivity contribution in [3.8, 4) is 0 Å². The number of carbonyl (C=O) groups is 1. The summed E-state index contributed by atoms with van der Waals surface area (Å²) in [5.74, 6) is -0.152. The highest BCUT2D eigenvalue weighted by Gasteiger charge is 2.23. The zero-order valence-corrected chi connectivity index (χ0v) is 15.3. The molecule has 1 amide bonds. The van der Waals surface area contributed by atoms with Crippen LogP contribution in [0.15, 0.2) is 59.4 Å². The number of nitrogens with zero attached hydrogens (tertiary/aromatic N) is 3. The first-order valence-electron chi connectivity index (χ1n) is 8.87. The third-order valence-electron chi connectivity index (χ3n) is 4.47. The fourth-order valence-corrected chi connectivity index (χ4v) is 3.14. The SMILES string of the molecule is CCN(C(=O)c1nn(Cc2ccccc2)c(=O)c2ccccc12)C(C)C. The number of fused-ring (bicyclic) bond motifs is 1. The molecule has 26 heavy (non-hydrogen) atoms. The van der Waals surface area contributed by atoms with Gasteiger partial charge >= 0.3 is 0 Å². The molecule has 0 N–H and O–H groups in total. The molecule has 0 aliphatic rings. The van der Waals surface area contributed by atoms with E-state index < -0.39 is 0 Å². The predicted octanol–water partition coefficient (Wildman–Crippen LogP) is 3.32. The highest BCUT2D eigenvalue weighted by Crippen LogP contribution is 2.17. The number of rotatable bonds is 5. The molecule has 0 radical (unpaired) electrons. The number of benzene rings is 2. The fourth-order valence-electron chi connectivity index (χ4n) is 3.14.